The Morgan fingerprint density at radius 2 is 1.71 bits per heavy atom. The highest BCUT2D eigenvalue weighted by Crippen LogP contribution is 2.33. The van der Waals surface area contributed by atoms with Gasteiger partial charge in [0.25, 0.3) is 11.6 Å². The van der Waals surface area contributed by atoms with Crippen molar-refractivity contribution in [3.05, 3.63) is 76.1 Å². The summed E-state index contributed by atoms with van der Waals surface area (Å²) in [6, 6.07) is 11.7. The minimum atomic E-state index is -4.80. The smallest absolute Gasteiger partial charge is 0.433 e. The molecular formula is C22H16F3N5O5. The van der Waals surface area contributed by atoms with Crippen molar-refractivity contribution in [1.82, 2.24) is 14.6 Å². The second-order valence-electron chi connectivity index (χ2n) is 7.18. The molecule has 180 valence electrons. The van der Waals surface area contributed by atoms with Gasteiger partial charge >= 0.3 is 6.18 Å². The predicted octanol–water partition coefficient (Wildman–Crippen LogP) is 4.59. The second kappa shape index (κ2) is 8.93. The average Bonchev–Trinajstić information content (AvgIpc) is 3.27. The topological polar surface area (TPSA) is 121 Å². The molecule has 0 bridgehead atoms. The molecule has 2 heterocycles. The van der Waals surface area contributed by atoms with Crippen molar-refractivity contribution >= 4 is 22.9 Å². The van der Waals surface area contributed by atoms with E-state index in [0.717, 1.165) is 24.3 Å². The molecule has 0 saturated carbocycles. The number of nitro benzene ring substituents is 1. The molecule has 2 aromatic heterocycles. The first-order chi connectivity index (χ1) is 16.6. The first-order valence-corrected chi connectivity index (χ1v) is 9.86. The van der Waals surface area contributed by atoms with Crippen LogP contribution in [0.2, 0.25) is 0 Å². The number of halogens is 3. The van der Waals surface area contributed by atoms with Gasteiger partial charge in [0, 0.05) is 23.8 Å². The Morgan fingerprint density at radius 1 is 1.03 bits per heavy atom. The summed E-state index contributed by atoms with van der Waals surface area (Å²) >= 11 is 0. The van der Waals surface area contributed by atoms with E-state index in [1.807, 2.05) is 0 Å². The van der Waals surface area contributed by atoms with Gasteiger partial charge in [-0.25, -0.2) is 9.50 Å². The van der Waals surface area contributed by atoms with E-state index < -0.39 is 22.7 Å². The van der Waals surface area contributed by atoms with Gasteiger partial charge in [0.1, 0.15) is 11.5 Å². The van der Waals surface area contributed by atoms with Gasteiger partial charge in [0.2, 0.25) is 0 Å². The number of anilines is 1. The Bertz CT molecular complexity index is 1430. The number of hydrogen-bond acceptors (Lipinski definition) is 7. The lowest BCUT2D eigenvalue weighted by atomic mass is 10.1. The van der Waals surface area contributed by atoms with Crippen LogP contribution in [0.15, 0.2) is 54.6 Å². The van der Waals surface area contributed by atoms with Crippen LogP contribution < -0.4 is 14.8 Å². The van der Waals surface area contributed by atoms with Crippen LogP contribution in [0.1, 0.15) is 16.2 Å². The third kappa shape index (κ3) is 4.83. The Hall–Kier alpha value is -4.68. The zero-order valence-electron chi connectivity index (χ0n) is 18.2. The summed E-state index contributed by atoms with van der Waals surface area (Å²) in [5.41, 5.74) is -1.66. The molecular weight excluding hydrogens is 471 g/mol. The summed E-state index contributed by atoms with van der Waals surface area (Å²) in [5, 5.41) is 17.3. The summed E-state index contributed by atoms with van der Waals surface area (Å²) in [7, 11) is 2.75. The van der Waals surface area contributed by atoms with E-state index in [2.05, 4.69) is 15.4 Å². The molecule has 1 amide bonds. The maximum Gasteiger partial charge on any atom is 0.433 e. The van der Waals surface area contributed by atoms with Gasteiger partial charge in [0.05, 0.1) is 36.6 Å². The number of amides is 1. The molecule has 4 aromatic rings. The minimum Gasteiger partial charge on any atom is -0.497 e. The Morgan fingerprint density at radius 3 is 2.31 bits per heavy atom. The van der Waals surface area contributed by atoms with Crippen molar-refractivity contribution in [2.75, 3.05) is 19.5 Å². The lowest BCUT2D eigenvalue weighted by molar-refractivity contribution is -0.384. The zero-order valence-corrected chi connectivity index (χ0v) is 18.2. The van der Waals surface area contributed by atoms with E-state index in [0.29, 0.717) is 15.8 Å². The maximum atomic E-state index is 13.8. The highest BCUT2D eigenvalue weighted by atomic mass is 19.4. The Labute approximate surface area is 195 Å². The predicted molar refractivity (Wildman–Crippen MR) is 118 cm³/mol. The molecule has 0 fully saturated rings. The van der Waals surface area contributed by atoms with E-state index >= 15 is 0 Å². The van der Waals surface area contributed by atoms with Gasteiger partial charge in [-0.2, -0.15) is 18.3 Å². The van der Waals surface area contributed by atoms with Gasteiger partial charge in [-0.05, 0) is 30.3 Å². The molecule has 10 nitrogen and oxygen atoms in total. The minimum absolute atomic E-state index is 0.000956. The van der Waals surface area contributed by atoms with Gasteiger partial charge < -0.3 is 14.8 Å². The van der Waals surface area contributed by atoms with Gasteiger partial charge in [-0.3, -0.25) is 14.9 Å². The zero-order chi connectivity index (χ0) is 25.3. The molecule has 0 unspecified atom stereocenters. The first-order valence-electron chi connectivity index (χ1n) is 9.86. The number of nitro groups is 1. The molecule has 0 aliphatic rings. The van der Waals surface area contributed by atoms with Gasteiger partial charge in [0.15, 0.2) is 17.0 Å². The number of rotatable bonds is 6. The summed E-state index contributed by atoms with van der Waals surface area (Å²) in [4.78, 5) is 27.4. The number of fused-ring (bicyclic) bond motifs is 1. The van der Waals surface area contributed by atoms with Gasteiger partial charge in [-0.15, -0.1) is 0 Å². The number of ether oxygens (including phenoxy) is 2. The fraction of sp³-hybridized carbons (Fsp3) is 0.136. The molecule has 0 spiro atoms. The van der Waals surface area contributed by atoms with Crippen LogP contribution in [0.4, 0.5) is 24.5 Å². The standard InChI is InChI=1S/C22H16F3N5O5/c1-34-15-5-3-12(4-6-15)17-10-19(22(23,24)25)29-20(27-17)11-18(28-29)21(31)26-13-7-14(30(32)33)9-16(8-13)35-2/h3-11H,1-2H3,(H,26,31). The van der Waals surface area contributed by atoms with Crippen LogP contribution in [0.25, 0.3) is 16.9 Å². The Balaban J connectivity index is 1.75. The average molecular weight is 487 g/mol. The molecule has 35 heavy (non-hydrogen) atoms. The van der Waals surface area contributed by atoms with Crippen molar-refractivity contribution in [3.8, 4) is 22.8 Å². The quantitative estimate of drug-likeness (QED) is 0.312. The third-order valence-electron chi connectivity index (χ3n) is 4.93. The Kier molecular flexibility index (Phi) is 5.99. The number of nitrogens with one attached hydrogen (secondary N) is 1. The van der Waals surface area contributed by atoms with Crippen molar-refractivity contribution in [3.63, 3.8) is 0 Å². The number of carbonyl (C=O) groups excluding carboxylic acids is 1. The van der Waals surface area contributed by atoms with Crippen molar-refractivity contribution in [2.45, 2.75) is 6.18 Å². The molecule has 0 atom stereocenters. The molecule has 0 aliphatic carbocycles. The summed E-state index contributed by atoms with van der Waals surface area (Å²) in [6.07, 6.45) is -4.80. The van der Waals surface area contributed by atoms with Crippen molar-refractivity contribution < 1.29 is 32.4 Å². The number of non-ortho nitro benzene ring substituents is 1. The number of aromatic nitrogens is 3. The summed E-state index contributed by atoms with van der Waals surface area (Å²) < 4.78 is 52.0. The number of hydrogen-bond donors (Lipinski definition) is 1. The fourth-order valence-corrected chi connectivity index (χ4v) is 3.27. The molecule has 4 rings (SSSR count). The van der Waals surface area contributed by atoms with E-state index in [9.17, 15) is 28.1 Å². The van der Waals surface area contributed by atoms with Gasteiger partial charge in [-0.1, -0.05) is 0 Å². The van der Waals surface area contributed by atoms with Crippen LogP contribution in [0.3, 0.4) is 0 Å². The number of methoxy groups -OCH3 is 2. The number of alkyl halides is 3. The largest absolute Gasteiger partial charge is 0.497 e. The van der Waals surface area contributed by atoms with Crippen LogP contribution in [-0.4, -0.2) is 39.6 Å². The molecule has 2 aromatic carbocycles. The summed E-state index contributed by atoms with van der Waals surface area (Å²) in [5.74, 6) is -0.265. The van der Waals surface area contributed by atoms with E-state index in [1.165, 1.54) is 20.3 Å². The SMILES string of the molecule is COc1ccc(-c2cc(C(F)(F)F)n3nc(C(=O)Nc4cc(OC)cc([N+](=O)[O-])c4)cc3n2)cc1. The van der Waals surface area contributed by atoms with Crippen LogP contribution in [0, 0.1) is 10.1 Å². The molecule has 1 N–H and O–H groups in total. The molecule has 0 radical (unpaired) electrons. The fourth-order valence-electron chi connectivity index (χ4n) is 3.27. The van der Waals surface area contributed by atoms with Crippen LogP contribution in [-0.2, 0) is 6.18 Å². The first kappa shape index (κ1) is 23.5. The third-order valence-corrected chi connectivity index (χ3v) is 4.93. The molecule has 13 heteroatoms. The van der Waals surface area contributed by atoms with Crippen LogP contribution in [0.5, 0.6) is 11.5 Å². The lowest BCUT2D eigenvalue weighted by Crippen LogP contribution is -2.16. The van der Waals surface area contributed by atoms with Crippen LogP contribution >= 0.6 is 0 Å². The number of benzene rings is 2. The van der Waals surface area contributed by atoms with E-state index in [1.54, 1.807) is 24.3 Å². The van der Waals surface area contributed by atoms with E-state index in [-0.39, 0.29) is 34.2 Å². The maximum absolute atomic E-state index is 13.8. The highest BCUT2D eigenvalue weighted by molar-refractivity contribution is 6.03. The normalized spacial score (nSPS) is 11.3. The van der Waals surface area contributed by atoms with Crippen molar-refractivity contribution in [1.29, 1.82) is 0 Å². The summed E-state index contributed by atoms with van der Waals surface area (Å²) in [6.45, 7) is 0. The monoisotopic (exact) mass is 487 g/mol. The molecule has 0 saturated heterocycles. The number of nitrogens with zero attached hydrogens (tertiary/aromatic N) is 4. The van der Waals surface area contributed by atoms with E-state index in [4.69, 9.17) is 9.47 Å². The molecule has 0 aliphatic heterocycles. The number of carbonyl (C=O) groups is 1. The highest BCUT2D eigenvalue weighted by Gasteiger charge is 2.35. The lowest BCUT2D eigenvalue weighted by Gasteiger charge is -2.11. The second-order valence-corrected chi connectivity index (χ2v) is 7.18. The van der Waals surface area contributed by atoms with Crippen molar-refractivity contribution in [2.24, 2.45) is 0 Å².